The molecule has 76 valence electrons. The summed E-state index contributed by atoms with van der Waals surface area (Å²) in [4.78, 5) is 11.6. The first-order valence-corrected chi connectivity index (χ1v) is 5.35. The van der Waals surface area contributed by atoms with Gasteiger partial charge in [-0.2, -0.15) is 0 Å². The van der Waals surface area contributed by atoms with E-state index in [9.17, 15) is 4.79 Å². The molecule has 0 atom stereocenters. The smallest absolute Gasteiger partial charge is 0.171 e. The normalized spacial score (nSPS) is 10.3. The minimum absolute atomic E-state index is 0.425. The lowest BCUT2D eigenvalue weighted by Gasteiger charge is -2.03. The van der Waals surface area contributed by atoms with Crippen molar-refractivity contribution in [2.45, 2.75) is 13.8 Å². The summed E-state index contributed by atoms with van der Waals surface area (Å²) in [5.74, 6) is 0. The first-order valence-electron chi connectivity index (χ1n) is 4.57. The van der Waals surface area contributed by atoms with Crippen LogP contribution in [0.3, 0.4) is 0 Å². The Bertz CT molecular complexity index is 505. The van der Waals surface area contributed by atoms with Gasteiger partial charge in [-0.05, 0) is 36.5 Å². The topological polar surface area (TPSA) is 42.9 Å². The fourth-order valence-corrected chi connectivity index (χ4v) is 2.15. The Morgan fingerprint density at radius 3 is 2.87 bits per heavy atom. The lowest BCUT2D eigenvalue weighted by atomic mass is 10.0. The van der Waals surface area contributed by atoms with Crippen LogP contribution < -0.4 is 0 Å². The Morgan fingerprint density at radius 1 is 1.33 bits per heavy atom. The molecular weight excluding hydrogens is 208 g/mol. The van der Waals surface area contributed by atoms with Gasteiger partial charge in [-0.1, -0.05) is 28.3 Å². The summed E-state index contributed by atoms with van der Waals surface area (Å²) in [5.41, 5.74) is 3.77. The second kappa shape index (κ2) is 3.90. The number of aromatic nitrogens is 2. The first kappa shape index (κ1) is 9.98. The minimum atomic E-state index is 0.425. The van der Waals surface area contributed by atoms with E-state index in [0.717, 1.165) is 22.3 Å². The first-order chi connectivity index (χ1) is 7.22. The van der Waals surface area contributed by atoms with Crippen molar-refractivity contribution in [2.24, 2.45) is 0 Å². The highest BCUT2D eigenvalue weighted by Gasteiger charge is 2.11. The van der Waals surface area contributed by atoms with Crippen molar-refractivity contribution in [3.8, 4) is 10.4 Å². The Balaban J connectivity index is 2.62. The lowest BCUT2D eigenvalue weighted by molar-refractivity contribution is 0.111. The van der Waals surface area contributed by atoms with Gasteiger partial charge in [0.05, 0.1) is 4.88 Å². The maximum Gasteiger partial charge on any atom is 0.171 e. The van der Waals surface area contributed by atoms with Crippen LogP contribution in [0.25, 0.3) is 10.4 Å². The predicted octanol–water partition coefficient (Wildman–Crippen LogP) is 2.63. The minimum Gasteiger partial charge on any atom is -0.296 e. The molecule has 2 aromatic rings. The van der Waals surface area contributed by atoms with E-state index in [-0.39, 0.29) is 0 Å². The van der Waals surface area contributed by atoms with Crippen LogP contribution in [0.4, 0.5) is 0 Å². The zero-order valence-electron chi connectivity index (χ0n) is 8.52. The van der Waals surface area contributed by atoms with Gasteiger partial charge in [-0.3, -0.25) is 4.79 Å². The van der Waals surface area contributed by atoms with Crippen LogP contribution >= 0.6 is 11.5 Å². The quantitative estimate of drug-likeness (QED) is 0.728. The molecule has 0 spiro atoms. The number of aldehydes is 1. The molecule has 4 heteroatoms. The van der Waals surface area contributed by atoms with Crippen LogP contribution in [0, 0.1) is 13.8 Å². The molecule has 0 unspecified atom stereocenters. The molecule has 3 nitrogen and oxygen atoms in total. The standard InChI is InChI=1S/C11H10N2OS/c1-7-3-4-8(2)9(5-7)11-10(6-14)12-13-15-11/h3-6H,1-2H3. The van der Waals surface area contributed by atoms with Crippen LogP contribution in [0.2, 0.25) is 0 Å². The molecule has 0 N–H and O–H groups in total. The fourth-order valence-electron chi connectivity index (χ4n) is 1.44. The zero-order valence-corrected chi connectivity index (χ0v) is 9.34. The largest absolute Gasteiger partial charge is 0.296 e. The molecule has 0 aliphatic heterocycles. The van der Waals surface area contributed by atoms with E-state index in [0.29, 0.717) is 5.69 Å². The highest BCUT2D eigenvalue weighted by atomic mass is 32.1. The van der Waals surface area contributed by atoms with E-state index in [1.54, 1.807) is 0 Å². The Labute approximate surface area is 91.9 Å². The number of carbonyl (C=O) groups is 1. The maximum absolute atomic E-state index is 10.8. The summed E-state index contributed by atoms with van der Waals surface area (Å²) >= 11 is 1.26. The number of benzene rings is 1. The van der Waals surface area contributed by atoms with Crippen molar-refractivity contribution in [3.63, 3.8) is 0 Å². The highest BCUT2D eigenvalue weighted by molar-refractivity contribution is 7.09. The van der Waals surface area contributed by atoms with Crippen molar-refractivity contribution in [2.75, 3.05) is 0 Å². The van der Waals surface area contributed by atoms with Crippen LogP contribution in [-0.4, -0.2) is 15.9 Å². The zero-order chi connectivity index (χ0) is 10.8. The van der Waals surface area contributed by atoms with Gasteiger partial charge in [-0.15, -0.1) is 5.10 Å². The van der Waals surface area contributed by atoms with Crippen LogP contribution in [0.5, 0.6) is 0 Å². The van der Waals surface area contributed by atoms with E-state index in [2.05, 4.69) is 15.7 Å². The summed E-state index contributed by atoms with van der Waals surface area (Å²) in [5, 5.41) is 3.78. The molecule has 0 saturated carbocycles. The van der Waals surface area contributed by atoms with Crippen molar-refractivity contribution in [3.05, 3.63) is 35.0 Å². The van der Waals surface area contributed by atoms with Gasteiger partial charge in [0.15, 0.2) is 6.29 Å². The number of carbonyl (C=O) groups excluding carboxylic acids is 1. The predicted molar refractivity (Wildman–Crippen MR) is 60.2 cm³/mol. The summed E-state index contributed by atoms with van der Waals surface area (Å²) in [7, 11) is 0. The fraction of sp³-hybridized carbons (Fsp3) is 0.182. The molecule has 2 rings (SSSR count). The highest BCUT2D eigenvalue weighted by Crippen LogP contribution is 2.28. The second-order valence-corrected chi connectivity index (χ2v) is 4.18. The SMILES string of the molecule is Cc1ccc(C)c(-c2snnc2C=O)c1. The summed E-state index contributed by atoms with van der Waals surface area (Å²) in [6.07, 6.45) is 0.751. The van der Waals surface area contributed by atoms with E-state index >= 15 is 0 Å². The Hall–Kier alpha value is -1.55. The molecule has 0 aliphatic rings. The molecule has 0 amide bonds. The molecule has 15 heavy (non-hydrogen) atoms. The van der Waals surface area contributed by atoms with Gasteiger partial charge in [-0.25, -0.2) is 0 Å². The third-order valence-corrected chi connectivity index (χ3v) is 3.04. The monoisotopic (exact) mass is 218 g/mol. The molecule has 0 saturated heterocycles. The van der Waals surface area contributed by atoms with E-state index in [1.807, 2.05) is 26.0 Å². The number of aryl methyl sites for hydroxylation is 2. The summed E-state index contributed by atoms with van der Waals surface area (Å²) in [6, 6.07) is 6.14. The third kappa shape index (κ3) is 1.80. The maximum atomic E-state index is 10.8. The second-order valence-electron chi connectivity index (χ2n) is 3.42. The van der Waals surface area contributed by atoms with Crippen molar-refractivity contribution < 1.29 is 4.79 Å². The number of rotatable bonds is 2. The van der Waals surface area contributed by atoms with Gasteiger partial charge < -0.3 is 0 Å². The average molecular weight is 218 g/mol. The van der Waals surface area contributed by atoms with Crippen molar-refractivity contribution in [1.82, 2.24) is 9.59 Å². The summed E-state index contributed by atoms with van der Waals surface area (Å²) in [6.45, 7) is 4.04. The molecule has 1 aromatic heterocycles. The van der Waals surface area contributed by atoms with Gasteiger partial charge in [0, 0.05) is 0 Å². The Kier molecular flexibility index (Phi) is 2.60. The lowest BCUT2D eigenvalue weighted by Crippen LogP contribution is -1.87. The van der Waals surface area contributed by atoms with E-state index in [4.69, 9.17) is 0 Å². The third-order valence-electron chi connectivity index (χ3n) is 2.26. The molecular formula is C11H10N2OS. The van der Waals surface area contributed by atoms with Crippen molar-refractivity contribution in [1.29, 1.82) is 0 Å². The van der Waals surface area contributed by atoms with Crippen LogP contribution in [-0.2, 0) is 0 Å². The number of hydrogen-bond acceptors (Lipinski definition) is 4. The average Bonchev–Trinajstić information content (AvgIpc) is 2.69. The van der Waals surface area contributed by atoms with Gasteiger partial charge >= 0.3 is 0 Å². The van der Waals surface area contributed by atoms with Gasteiger partial charge in [0.2, 0.25) is 0 Å². The molecule has 0 bridgehead atoms. The molecule has 0 fully saturated rings. The molecule has 1 aromatic carbocycles. The van der Waals surface area contributed by atoms with Crippen molar-refractivity contribution >= 4 is 17.8 Å². The molecule has 0 aliphatic carbocycles. The number of hydrogen-bond donors (Lipinski definition) is 0. The number of nitrogens with zero attached hydrogens (tertiary/aromatic N) is 2. The van der Waals surface area contributed by atoms with Crippen LogP contribution in [0.1, 0.15) is 21.6 Å². The molecule has 1 heterocycles. The summed E-state index contributed by atoms with van der Waals surface area (Å²) < 4.78 is 3.80. The molecule has 0 radical (unpaired) electrons. The van der Waals surface area contributed by atoms with E-state index in [1.165, 1.54) is 17.1 Å². The van der Waals surface area contributed by atoms with E-state index < -0.39 is 0 Å². The van der Waals surface area contributed by atoms with Crippen LogP contribution in [0.15, 0.2) is 18.2 Å². The van der Waals surface area contributed by atoms with Gasteiger partial charge in [0.25, 0.3) is 0 Å². The van der Waals surface area contributed by atoms with Gasteiger partial charge in [0.1, 0.15) is 5.69 Å². The Morgan fingerprint density at radius 2 is 2.13 bits per heavy atom.